The van der Waals surface area contributed by atoms with Crippen molar-refractivity contribution in [2.24, 2.45) is 0 Å². The van der Waals surface area contributed by atoms with E-state index in [1.807, 2.05) is 18.2 Å². The van der Waals surface area contributed by atoms with Crippen molar-refractivity contribution in [2.45, 2.75) is 59.0 Å². The molecule has 0 aliphatic heterocycles. The Labute approximate surface area is 158 Å². The molecule has 1 aromatic rings. The number of benzene rings is 1. The number of aliphatic hydroxyl groups excluding tert-OH is 1. The van der Waals surface area contributed by atoms with Crippen LogP contribution in [0.4, 0.5) is 0 Å². The third kappa shape index (κ3) is 5.50. The zero-order chi connectivity index (χ0) is 19.1. The lowest BCUT2D eigenvalue weighted by atomic mass is 9.97. The largest absolute Gasteiger partial charge is 0.496 e. The maximum absolute atomic E-state index is 10.7. The molecule has 1 atom stereocenters. The monoisotopic (exact) mass is 356 g/mol. The third-order valence-corrected chi connectivity index (χ3v) is 4.93. The van der Waals surface area contributed by atoms with Crippen molar-refractivity contribution in [3.8, 4) is 11.5 Å². The fourth-order valence-corrected chi connectivity index (χ4v) is 3.36. The van der Waals surface area contributed by atoms with Crippen molar-refractivity contribution in [3.63, 3.8) is 0 Å². The zero-order valence-electron chi connectivity index (χ0n) is 16.8. The fraction of sp³-hybridized carbons (Fsp3) is 0.478. The highest BCUT2D eigenvalue weighted by Crippen LogP contribution is 2.35. The summed E-state index contributed by atoms with van der Waals surface area (Å²) in [5.41, 5.74) is 5.74. The van der Waals surface area contributed by atoms with Crippen LogP contribution >= 0.6 is 0 Å². The lowest BCUT2D eigenvalue weighted by Crippen LogP contribution is -2.03. The van der Waals surface area contributed by atoms with E-state index in [2.05, 4.69) is 32.9 Å². The molecule has 0 spiro atoms. The van der Waals surface area contributed by atoms with Gasteiger partial charge in [0.2, 0.25) is 0 Å². The minimum atomic E-state index is -0.706. The molecule has 0 saturated carbocycles. The van der Waals surface area contributed by atoms with Gasteiger partial charge in [0.05, 0.1) is 14.2 Å². The SMILES string of the molecule is COc1cc2c(OC)cc1C/C(C)=C\CC/C(C)=C/CC/C(C)=C/C2O. The highest BCUT2D eigenvalue weighted by atomic mass is 16.5. The molecule has 3 rings (SSSR count). The molecule has 2 bridgehead atoms. The summed E-state index contributed by atoms with van der Waals surface area (Å²) in [5, 5.41) is 10.7. The number of fused-ring (bicyclic) bond motifs is 10. The van der Waals surface area contributed by atoms with Crippen molar-refractivity contribution in [3.05, 3.63) is 58.2 Å². The van der Waals surface area contributed by atoms with Gasteiger partial charge in [-0.25, -0.2) is 0 Å². The second-order valence-corrected chi connectivity index (χ2v) is 7.22. The van der Waals surface area contributed by atoms with Gasteiger partial charge >= 0.3 is 0 Å². The van der Waals surface area contributed by atoms with Crippen LogP contribution in [0.5, 0.6) is 11.5 Å². The second-order valence-electron chi connectivity index (χ2n) is 7.22. The van der Waals surface area contributed by atoms with E-state index in [1.54, 1.807) is 14.2 Å². The van der Waals surface area contributed by atoms with Gasteiger partial charge in [-0.1, -0.05) is 34.9 Å². The number of methoxy groups -OCH3 is 2. The van der Waals surface area contributed by atoms with Gasteiger partial charge in [0.1, 0.15) is 17.6 Å². The minimum Gasteiger partial charge on any atom is -0.496 e. The minimum absolute atomic E-state index is 0.702. The van der Waals surface area contributed by atoms with E-state index in [9.17, 15) is 5.11 Å². The van der Waals surface area contributed by atoms with Crippen molar-refractivity contribution in [1.82, 2.24) is 0 Å². The van der Waals surface area contributed by atoms with E-state index < -0.39 is 6.10 Å². The summed E-state index contributed by atoms with van der Waals surface area (Å²) in [7, 11) is 3.32. The summed E-state index contributed by atoms with van der Waals surface area (Å²) in [6.45, 7) is 6.43. The lowest BCUT2D eigenvalue weighted by Gasteiger charge is -2.18. The fourth-order valence-electron chi connectivity index (χ4n) is 3.36. The average Bonchev–Trinajstić information content (AvgIpc) is 2.60. The molecule has 0 fully saturated rings. The molecule has 1 N–H and O–H groups in total. The molecule has 0 saturated heterocycles. The normalized spacial score (nSPS) is 25.5. The number of aliphatic hydroxyl groups is 1. The Balaban J connectivity index is 2.49. The summed E-state index contributed by atoms with van der Waals surface area (Å²) in [4.78, 5) is 0. The zero-order valence-corrected chi connectivity index (χ0v) is 16.8. The topological polar surface area (TPSA) is 38.7 Å². The maximum atomic E-state index is 10.7. The molecule has 0 aromatic heterocycles. The van der Waals surface area contributed by atoms with Crippen LogP contribution in [0.15, 0.2) is 47.1 Å². The first-order valence-corrected chi connectivity index (χ1v) is 9.36. The number of hydrogen-bond donors (Lipinski definition) is 1. The third-order valence-electron chi connectivity index (χ3n) is 4.93. The van der Waals surface area contributed by atoms with E-state index in [1.165, 1.54) is 16.7 Å². The molecular weight excluding hydrogens is 324 g/mol. The van der Waals surface area contributed by atoms with Crippen LogP contribution in [0.25, 0.3) is 0 Å². The van der Waals surface area contributed by atoms with Crippen molar-refractivity contribution >= 4 is 0 Å². The van der Waals surface area contributed by atoms with Gasteiger partial charge in [-0.3, -0.25) is 0 Å². The Morgan fingerprint density at radius 3 is 2.12 bits per heavy atom. The molecular formula is C23H32O3. The number of rotatable bonds is 2. The quantitative estimate of drug-likeness (QED) is 0.692. The Hall–Kier alpha value is -2.00. The summed E-state index contributed by atoms with van der Waals surface area (Å²) in [5.74, 6) is 1.50. The lowest BCUT2D eigenvalue weighted by molar-refractivity contribution is 0.221. The highest BCUT2D eigenvalue weighted by molar-refractivity contribution is 5.49. The van der Waals surface area contributed by atoms with E-state index >= 15 is 0 Å². The van der Waals surface area contributed by atoms with E-state index in [-0.39, 0.29) is 0 Å². The standard InChI is InChI=1S/C23H32O3/c1-16-8-6-10-17(2)12-19-14-23(26-5)20(15-22(19)25-4)21(24)13-18(3)11-7-9-16/h9-10,13-15,21,24H,6-8,11-12H2,1-5H3/b16-9+,17-10-,18-13+. The molecule has 3 nitrogen and oxygen atoms in total. The maximum Gasteiger partial charge on any atom is 0.125 e. The van der Waals surface area contributed by atoms with Crippen LogP contribution in [0.2, 0.25) is 0 Å². The van der Waals surface area contributed by atoms with Gasteiger partial charge in [0.25, 0.3) is 0 Å². The smallest absolute Gasteiger partial charge is 0.125 e. The molecule has 0 amide bonds. The molecule has 1 unspecified atom stereocenters. The number of allylic oxidation sites excluding steroid dienone is 5. The van der Waals surface area contributed by atoms with Crippen molar-refractivity contribution < 1.29 is 14.6 Å². The predicted octanol–water partition coefficient (Wildman–Crippen LogP) is 5.69. The van der Waals surface area contributed by atoms with Crippen LogP contribution in [0.3, 0.4) is 0 Å². The van der Waals surface area contributed by atoms with Gasteiger partial charge in [-0.05, 0) is 65.0 Å². The summed E-state index contributed by atoms with van der Waals surface area (Å²) in [6.07, 6.45) is 10.7. The molecule has 2 aliphatic rings. The molecule has 0 radical (unpaired) electrons. The van der Waals surface area contributed by atoms with E-state index in [0.29, 0.717) is 5.75 Å². The summed E-state index contributed by atoms with van der Waals surface area (Å²) in [6, 6.07) is 3.90. The van der Waals surface area contributed by atoms with Gasteiger partial charge < -0.3 is 14.6 Å². The van der Waals surface area contributed by atoms with E-state index in [0.717, 1.165) is 49.0 Å². The molecule has 3 heteroatoms. The Morgan fingerprint density at radius 1 is 0.846 bits per heavy atom. The van der Waals surface area contributed by atoms with Crippen LogP contribution < -0.4 is 9.47 Å². The summed E-state index contributed by atoms with van der Waals surface area (Å²) >= 11 is 0. The first-order chi connectivity index (χ1) is 12.4. The van der Waals surface area contributed by atoms with Crippen molar-refractivity contribution in [2.75, 3.05) is 14.2 Å². The molecule has 0 heterocycles. The van der Waals surface area contributed by atoms with Gasteiger partial charge in [-0.2, -0.15) is 0 Å². The number of ether oxygens (including phenoxy) is 2. The van der Waals surface area contributed by atoms with Crippen molar-refractivity contribution in [1.29, 1.82) is 0 Å². The molecule has 142 valence electrons. The highest BCUT2D eigenvalue weighted by Gasteiger charge is 2.17. The molecule has 2 aliphatic carbocycles. The Morgan fingerprint density at radius 2 is 1.46 bits per heavy atom. The average molecular weight is 357 g/mol. The Kier molecular flexibility index (Phi) is 7.52. The van der Waals surface area contributed by atoms with Crippen LogP contribution in [0.1, 0.15) is 63.7 Å². The molecule has 1 aromatic carbocycles. The van der Waals surface area contributed by atoms with Gasteiger partial charge in [-0.15, -0.1) is 0 Å². The first-order valence-electron chi connectivity index (χ1n) is 9.36. The van der Waals surface area contributed by atoms with E-state index in [4.69, 9.17) is 9.47 Å². The van der Waals surface area contributed by atoms with Crippen LogP contribution in [0, 0.1) is 0 Å². The Bertz CT molecular complexity index is 710. The predicted molar refractivity (Wildman–Crippen MR) is 108 cm³/mol. The number of hydrogen-bond acceptors (Lipinski definition) is 3. The summed E-state index contributed by atoms with van der Waals surface area (Å²) < 4.78 is 11.2. The van der Waals surface area contributed by atoms with Crippen LogP contribution in [-0.4, -0.2) is 19.3 Å². The van der Waals surface area contributed by atoms with Gasteiger partial charge in [0, 0.05) is 11.1 Å². The second kappa shape index (κ2) is 9.63. The van der Waals surface area contributed by atoms with Gasteiger partial charge in [0.15, 0.2) is 0 Å². The first kappa shape index (κ1) is 20.3. The molecule has 26 heavy (non-hydrogen) atoms. The van der Waals surface area contributed by atoms with Crippen LogP contribution in [-0.2, 0) is 6.42 Å².